The van der Waals surface area contributed by atoms with Gasteiger partial charge in [0.1, 0.15) is 0 Å². The summed E-state index contributed by atoms with van der Waals surface area (Å²) in [6, 6.07) is 62.3. The average molecular weight is 1380 g/mol. The highest BCUT2D eigenvalue weighted by Gasteiger charge is 2.47. The van der Waals surface area contributed by atoms with Crippen molar-refractivity contribution in [3.8, 4) is 90.9 Å². The van der Waals surface area contributed by atoms with Gasteiger partial charge in [-0.25, -0.2) is 0 Å². The molecule has 0 heterocycles. The number of hydrogen-bond acceptors (Lipinski definition) is 0. The Morgan fingerprint density at radius 2 is 0.423 bits per heavy atom. The zero-order valence-corrected chi connectivity index (χ0v) is 66.3. The normalized spacial score (nSPS) is 14.6. The molecule has 0 fully saturated rings. The van der Waals surface area contributed by atoms with Crippen LogP contribution in [0.3, 0.4) is 0 Å². The van der Waals surface area contributed by atoms with Gasteiger partial charge in [-0.05, 0) is 223 Å². The maximum Gasteiger partial charge on any atom is 0.0252 e. The minimum Gasteiger partial charge on any atom is -0.115 e. The van der Waals surface area contributed by atoms with E-state index >= 15 is 0 Å². The van der Waals surface area contributed by atoms with Gasteiger partial charge >= 0.3 is 0 Å². The second-order valence-electron chi connectivity index (χ2n) is 33.1. The monoisotopic (exact) mass is 1380 g/mol. The molecule has 8 aromatic rings. The zero-order valence-electron chi connectivity index (χ0n) is 66.3. The molecule has 0 spiro atoms. The van der Waals surface area contributed by atoms with Crippen LogP contribution in [-0.2, 0) is 21.7 Å². The standard InChI is InChI=1S/C104H130/c1-10-19-27-37-63-101(64-38-28-20-11-2)93-46-36-35-45-85(93)89-59-52-81(74-97(89)101)83-54-61-91-92-62-55-84(77-100(92)104(99(91)76-83,69-43-33-25-16-7)70-44-34-26-17-8)82-53-60-90-88-58-51-80(73-96(88)103(98(90)75-82,67-41-31-23-14-5)68-42-32-24-15-6)48-47-79-50-57-87-86-56-49-78(18-9)71-94(86)102(95(87)72-79,65-39-29-21-12-3)66-40-30-22-13-4/h9,35-36,45-46,49-62,71-77H,10-17,19-34,37-44,63-70H2,1-8H3. The molecule has 0 nitrogen and oxygen atoms in total. The summed E-state index contributed by atoms with van der Waals surface area (Å²) in [6.07, 6.45) is 56.4. The highest BCUT2D eigenvalue weighted by molar-refractivity contribution is 5.90. The minimum atomic E-state index is -0.0959. The quantitative estimate of drug-likeness (QED) is 0.0264. The SMILES string of the molecule is C#Cc1ccc2c(c1)C(CCCCCC)(CCCCCC)c1cc(C#Cc3ccc4c(c3)C(CCCCCC)(CCCCCC)c3cc(-c5ccc6c(c5)C(CCCCCC)(CCCCCC)c5cc(-c7ccc8c(c7)C(CCCCCC)(CCCCCC)c7ccccc7-8)ccc5-6)ccc3-4)ccc1-2. The number of unbranched alkanes of at least 4 members (excludes halogenated alkanes) is 24. The van der Waals surface area contributed by atoms with Crippen molar-refractivity contribution in [1.82, 2.24) is 0 Å². The number of benzene rings is 8. The van der Waals surface area contributed by atoms with E-state index in [2.05, 4.69) is 225 Å². The highest BCUT2D eigenvalue weighted by Crippen LogP contribution is 2.61. The molecule has 0 unspecified atom stereocenters. The fourth-order valence-corrected chi connectivity index (χ4v) is 20.5. The first-order valence-electron chi connectivity index (χ1n) is 43.3. The number of fused-ring (bicyclic) bond motifs is 12. The average Bonchev–Trinajstić information content (AvgIpc) is 1.55. The first-order chi connectivity index (χ1) is 51.1. The molecule has 104 heavy (non-hydrogen) atoms. The number of hydrogen-bond donors (Lipinski definition) is 0. The Bertz CT molecular complexity index is 4220. The molecule has 0 aliphatic heterocycles. The van der Waals surface area contributed by atoms with E-state index in [1.165, 1.54) is 327 Å². The Balaban J connectivity index is 0.938. The van der Waals surface area contributed by atoms with Crippen LogP contribution in [0.5, 0.6) is 0 Å². The maximum absolute atomic E-state index is 6.18. The van der Waals surface area contributed by atoms with Gasteiger partial charge in [0.25, 0.3) is 0 Å². The summed E-state index contributed by atoms with van der Waals surface area (Å²) < 4.78 is 0. The van der Waals surface area contributed by atoms with Gasteiger partial charge < -0.3 is 0 Å². The summed E-state index contributed by atoms with van der Waals surface area (Å²) in [5.41, 5.74) is 32.6. The Kier molecular flexibility index (Phi) is 26.8. The van der Waals surface area contributed by atoms with Gasteiger partial charge in [-0.2, -0.15) is 0 Å². The van der Waals surface area contributed by atoms with Crippen LogP contribution in [-0.4, -0.2) is 0 Å². The predicted octanol–water partition coefficient (Wildman–Crippen LogP) is 31.2. The first kappa shape index (κ1) is 76.5. The van der Waals surface area contributed by atoms with Crippen LogP contribution in [0.15, 0.2) is 152 Å². The summed E-state index contributed by atoms with van der Waals surface area (Å²) in [7, 11) is 0. The second kappa shape index (κ2) is 36.5. The molecule has 0 N–H and O–H groups in total. The van der Waals surface area contributed by atoms with Crippen LogP contribution in [0.25, 0.3) is 66.8 Å². The highest BCUT2D eigenvalue weighted by atomic mass is 14.5. The molecular formula is C104H130. The van der Waals surface area contributed by atoms with E-state index in [0.29, 0.717) is 0 Å². The van der Waals surface area contributed by atoms with Crippen molar-refractivity contribution in [2.45, 2.75) is 334 Å². The molecule has 0 heteroatoms. The smallest absolute Gasteiger partial charge is 0.0252 e. The fraction of sp³-hybridized carbons (Fsp3) is 0.500. The summed E-state index contributed by atoms with van der Waals surface area (Å²) >= 11 is 0. The van der Waals surface area contributed by atoms with Crippen molar-refractivity contribution in [2.75, 3.05) is 0 Å². The third-order valence-electron chi connectivity index (χ3n) is 26.2. The molecular weight excluding hydrogens is 1250 g/mol. The minimum absolute atomic E-state index is 0.0549. The van der Waals surface area contributed by atoms with E-state index in [4.69, 9.17) is 6.42 Å². The fourth-order valence-electron chi connectivity index (χ4n) is 20.5. The number of rotatable bonds is 42. The molecule has 12 rings (SSSR count). The molecule has 0 bridgehead atoms. The van der Waals surface area contributed by atoms with Crippen LogP contribution >= 0.6 is 0 Å². The van der Waals surface area contributed by atoms with E-state index in [1.807, 2.05) is 0 Å². The molecule has 0 amide bonds. The second-order valence-corrected chi connectivity index (χ2v) is 33.1. The van der Waals surface area contributed by atoms with Crippen molar-refractivity contribution >= 4 is 0 Å². The van der Waals surface area contributed by atoms with E-state index in [9.17, 15) is 0 Å². The molecule has 0 atom stereocenters. The third kappa shape index (κ3) is 15.8. The van der Waals surface area contributed by atoms with Crippen LogP contribution < -0.4 is 0 Å². The Hall–Kier alpha value is -7.12. The van der Waals surface area contributed by atoms with Crippen molar-refractivity contribution in [3.05, 3.63) is 213 Å². The lowest BCUT2D eigenvalue weighted by Gasteiger charge is -2.34. The lowest BCUT2D eigenvalue weighted by molar-refractivity contribution is 0.400. The molecule has 4 aliphatic rings. The van der Waals surface area contributed by atoms with Crippen LogP contribution in [0.1, 0.15) is 373 Å². The summed E-state index contributed by atoms with van der Waals surface area (Å²) in [4.78, 5) is 0. The maximum atomic E-state index is 6.18. The van der Waals surface area contributed by atoms with Crippen molar-refractivity contribution in [1.29, 1.82) is 0 Å². The van der Waals surface area contributed by atoms with E-state index in [-0.39, 0.29) is 21.7 Å². The predicted molar refractivity (Wildman–Crippen MR) is 453 cm³/mol. The summed E-state index contributed by atoms with van der Waals surface area (Å²) in [6.45, 7) is 18.9. The lowest BCUT2D eigenvalue weighted by atomic mass is 9.69. The van der Waals surface area contributed by atoms with E-state index in [0.717, 1.165) is 29.5 Å². The Morgan fingerprint density at radius 3 is 0.683 bits per heavy atom. The lowest BCUT2D eigenvalue weighted by Crippen LogP contribution is -2.26. The summed E-state index contributed by atoms with van der Waals surface area (Å²) in [5, 5.41) is 0. The molecule has 0 saturated carbocycles. The van der Waals surface area contributed by atoms with Gasteiger partial charge in [0.2, 0.25) is 0 Å². The van der Waals surface area contributed by atoms with Gasteiger partial charge in [-0.1, -0.05) is 370 Å². The van der Waals surface area contributed by atoms with Gasteiger partial charge in [0.05, 0.1) is 0 Å². The van der Waals surface area contributed by atoms with Gasteiger partial charge in [-0.15, -0.1) is 6.42 Å². The van der Waals surface area contributed by atoms with Crippen molar-refractivity contribution in [3.63, 3.8) is 0 Å². The molecule has 0 saturated heterocycles. The Morgan fingerprint density at radius 1 is 0.212 bits per heavy atom. The van der Waals surface area contributed by atoms with Crippen molar-refractivity contribution < 1.29 is 0 Å². The largest absolute Gasteiger partial charge is 0.115 e. The summed E-state index contributed by atoms with van der Waals surface area (Å²) in [5.74, 6) is 10.8. The van der Waals surface area contributed by atoms with Crippen LogP contribution in [0.4, 0.5) is 0 Å². The molecule has 0 aromatic heterocycles. The van der Waals surface area contributed by atoms with Crippen LogP contribution in [0, 0.1) is 24.2 Å². The molecule has 4 aliphatic carbocycles. The molecule has 0 radical (unpaired) electrons. The number of terminal acetylenes is 1. The molecule has 8 aromatic carbocycles. The van der Waals surface area contributed by atoms with Gasteiger partial charge in [0, 0.05) is 38.4 Å². The zero-order chi connectivity index (χ0) is 72.4. The van der Waals surface area contributed by atoms with Gasteiger partial charge in [-0.3, -0.25) is 0 Å². The van der Waals surface area contributed by atoms with E-state index in [1.54, 1.807) is 27.8 Å². The Labute approximate surface area is 633 Å². The van der Waals surface area contributed by atoms with Gasteiger partial charge in [0.15, 0.2) is 0 Å². The third-order valence-corrected chi connectivity index (χ3v) is 26.2. The van der Waals surface area contributed by atoms with E-state index < -0.39 is 0 Å². The van der Waals surface area contributed by atoms with Crippen molar-refractivity contribution in [2.24, 2.45) is 0 Å². The molecule has 546 valence electrons. The van der Waals surface area contributed by atoms with Crippen LogP contribution in [0.2, 0.25) is 0 Å². The first-order valence-corrected chi connectivity index (χ1v) is 43.3. The topological polar surface area (TPSA) is 0 Å².